The molecule has 3 aromatic heterocycles. The van der Waals surface area contributed by atoms with Gasteiger partial charge < -0.3 is 11.1 Å². The average molecular weight is 413 g/mol. The summed E-state index contributed by atoms with van der Waals surface area (Å²) in [5, 5.41) is 3.52. The van der Waals surface area contributed by atoms with Crippen LogP contribution in [-0.2, 0) is 0 Å². The number of benzene rings is 1. The van der Waals surface area contributed by atoms with E-state index in [4.69, 9.17) is 10.7 Å². The van der Waals surface area contributed by atoms with E-state index in [1.807, 2.05) is 25.4 Å². The number of rotatable bonds is 4. The molecule has 0 amide bonds. The van der Waals surface area contributed by atoms with E-state index in [-0.39, 0.29) is 0 Å². The SMILES string of the molecule is Cc1cc2ncc(-c3nc(NC4CCC(N)CC4)ncc3C)n2cc1-c1ccccc1. The van der Waals surface area contributed by atoms with Gasteiger partial charge in [-0.1, -0.05) is 30.3 Å². The molecule has 31 heavy (non-hydrogen) atoms. The summed E-state index contributed by atoms with van der Waals surface area (Å²) in [6.07, 6.45) is 10.2. The van der Waals surface area contributed by atoms with E-state index in [1.165, 1.54) is 16.7 Å². The Morgan fingerprint density at radius 3 is 2.52 bits per heavy atom. The van der Waals surface area contributed by atoms with E-state index in [9.17, 15) is 0 Å². The van der Waals surface area contributed by atoms with Crippen molar-refractivity contribution in [2.75, 3.05) is 5.32 Å². The third-order valence-corrected chi connectivity index (χ3v) is 6.26. The third kappa shape index (κ3) is 3.91. The highest BCUT2D eigenvalue weighted by Crippen LogP contribution is 2.29. The van der Waals surface area contributed by atoms with Crippen molar-refractivity contribution in [2.24, 2.45) is 5.73 Å². The number of fused-ring (bicyclic) bond motifs is 1. The Balaban J connectivity index is 1.53. The Morgan fingerprint density at radius 2 is 1.74 bits per heavy atom. The van der Waals surface area contributed by atoms with E-state index in [0.717, 1.165) is 48.3 Å². The first-order valence-corrected chi connectivity index (χ1v) is 11.0. The highest BCUT2D eigenvalue weighted by Gasteiger charge is 2.20. The van der Waals surface area contributed by atoms with E-state index in [1.54, 1.807) is 0 Å². The largest absolute Gasteiger partial charge is 0.351 e. The number of anilines is 1. The fraction of sp³-hybridized carbons (Fsp3) is 0.320. The number of nitrogens with two attached hydrogens (primary N) is 1. The molecule has 1 saturated carbocycles. The molecule has 3 N–H and O–H groups in total. The van der Waals surface area contributed by atoms with Crippen LogP contribution in [0.3, 0.4) is 0 Å². The van der Waals surface area contributed by atoms with Gasteiger partial charge in [0.05, 0.1) is 17.6 Å². The molecule has 1 aliphatic carbocycles. The second-order valence-corrected chi connectivity index (χ2v) is 8.59. The third-order valence-electron chi connectivity index (χ3n) is 6.26. The summed E-state index contributed by atoms with van der Waals surface area (Å²) in [7, 11) is 0. The summed E-state index contributed by atoms with van der Waals surface area (Å²) in [5.74, 6) is 0.673. The van der Waals surface area contributed by atoms with Gasteiger partial charge in [0.25, 0.3) is 0 Å². The molecule has 158 valence electrons. The Morgan fingerprint density at radius 1 is 0.968 bits per heavy atom. The van der Waals surface area contributed by atoms with E-state index in [0.29, 0.717) is 18.0 Å². The zero-order valence-corrected chi connectivity index (χ0v) is 18.0. The second-order valence-electron chi connectivity index (χ2n) is 8.59. The second kappa shape index (κ2) is 8.12. The molecule has 0 spiro atoms. The number of hydrogen-bond donors (Lipinski definition) is 2. The number of nitrogens with zero attached hydrogens (tertiary/aromatic N) is 4. The predicted molar refractivity (Wildman–Crippen MR) is 125 cm³/mol. The molecular weight excluding hydrogens is 384 g/mol. The first-order chi connectivity index (χ1) is 15.1. The van der Waals surface area contributed by atoms with Crippen molar-refractivity contribution in [3.63, 3.8) is 0 Å². The molecule has 0 unspecified atom stereocenters. The van der Waals surface area contributed by atoms with Crippen molar-refractivity contribution < 1.29 is 0 Å². The van der Waals surface area contributed by atoms with E-state index in [2.05, 4.69) is 63.1 Å². The van der Waals surface area contributed by atoms with Gasteiger partial charge in [0.15, 0.2) is 0 Å². The minimum atomic E-state index is 0.327. The van der Waals surface area contributed by atoms with Gasteiger partial charge in [0, 0.05) is 30.0 Å². The summed E-state index contributed by atoms with van der Waals surface area (Å²) in [6, 6.07) is 13.3. The highest BCUT2D eigenvalue weighted by atomic mass is 15.1. The van der Waals surface area contributed by atoms with Crippen LogP contribution >= 0.6 is 0 Å². The monoisotopic (exact) mass is 412 g/mol. The maximum atomic E-state index is 6.05. The van der Waals surface area contributed by atoms with E-state index < -0.39 is 0 Å². The van der Waals surface area contributed by atoms with Crippen molar-refractivity contribution in [1.29, 1.82) is 0 Å². The Bertz CT molecular complexity index is 1210. The number of aryl methyl sites for hydroxylation is 2. The fourth-order valence-electron chi connectivity index (χ4n) is 4.43. The van der Waals surface area contributed by atoms with Crippen LogP contribution < -0.4 is 11.1 Å². The van der Waals surface area contributed by atoms with Crippen molar-refractivity contribution in [1.82, 2.24) is 19.4 Å². The molecule has 0 radical (unpaired) electrons. The topological polar surface area (TPSA) is 81.1 Å². The molecule has 1 aromatic carbocycles. The summed E-state index contributed by atoms with van der Waals surface area (Å²) < 4.78 is 2.13. The molecule has 1 aliphatic rings. The Hall–Kier alpha value is -3.25. The molecule has 0 saturated heterocycles. The van der Waals surface area contributed by atoms with Gasteiger partial charge in [-0.05, 0) is 62.3 Å². The first-order valence-electron chi connectivity index (χ1n) is 11.0. The molecule has 5 rings (SSSR count). The molecule has 0 atom stereocenters. The molecule has 6 nitrogen and oxygen atoms in total. The lowest BCUT2D eigenvalue weighted by Gasteiger charge is -2.26. The predicted octanol–water partition coefficient (Wildman–Crippen LogP) is 4.76. The molecule has 6 heteroatoms. The molecule has 4 aromatic rings. The van der Waals surface area contributed by atoms with Crippen LogP contribution in [0.1, 0.15) is 36.8 Å². The number of aromatic nitrogens is 4. The lowest BCUT2D eigenvalue weighted by atomic mass is 9.92. The van der Waals surface area contributed by atoms with Crippen molar-refractivity contribution in [3.8, 4) is 22.5 Å². The molecular formula is C25H28N6. The maximum absolute atomic E-state index is 6.05. The van der Waals surface area contributed by atoms with Crippen molar-refractivity contribution >= 4 is 11.6 Å². The zero-order valence-electron chi connectivity index (χ0n) is 18.0. The summed E-state index contributed by atoms with van der Waals surface area (Å²) in [5.41, 5.74) is 13.5. The van der Waals surface area contributed by atoms with Crippen LogP contribution in [-0.4, -0.2) is 31.4 Å². The van der Waals surface area contributed by atoms with Crippen molar-refractivity contribution in [3.05, 3.63) is 66.1 Å². The van der Waals surface area contributed by atoms with Crippen molar-refractivity contribution in [2.45, 2.75) is 51.6 Å². The first kappa shape index (κ1) is 19.7. The van der Waals surface area contributed by atoms with Crippen LogP contribution in [0.4, 0.5) is 5.95 Å². The molecule has 3 heterocycles. The van der Waals surface area contributed by atoms with Gasteiger partial charge in [0.2, 0.25) is 5.95 Å². The van der Waals surface area contributed by atoms with Gasteiger partial charge in [-0.3, -0.25) is 4.40 Å². The lowest BCUT2D eigenvalue weighted by Crippen LogP contribution is -2.33. The zero-order chi connectivity index (χ0) is 21.4. The fourth-order valence-corrected chi connectivity index (χ4v) is 4.43. The average Bonchev–Trinajstić information content (AvgIpc) is 3.19. The molecule has 1 fully saturated rings. The van der Waals surface area contributed by atoms with Crippen LogP contribution in [0.2, 0.25) is 0 Å². The lowest BCUT2D eigenvalue weighted by molar-refractivity contribution is 0.410. The molecule has 0 aliphatic heterocycles. The smallest absolute Gasteiger partial charge is 0.223 e. The summed E-state index contributed by atoms with van der Waals surface area (Å²) >= 11 is 0. The minimum absolute atomic E-state index is 0.327. The van der Waals surface area contributed by atoms with Gasteiger partial charge in [0.1, 0.15) is 5.65 Å². The van der Waals surface area contributed by atoms with Gasteiger partial charge in [-0.15, -0.1) is 0 Å². The Labute approximate surface area is 182 Å². The highest BCUT2D eigenvalue weighted by molar-refractivity contribution is 5.72. The normalized spacial score (nSPS) is 18.9. The quantitative estimate of drug-likeness (QED) is 0.505. The number of pyridine rings is 1. The maximum Gasteiger partial charge on any atom is 0.223 e. The van der Waals surface area contributed by atoms with Crippen LogP contribution in [0, 0.1) is 13.8 Å². The summed E-state index contributed by atoms with van der Waals surface area (Å²) in [6.45, 7) is 4.18. The standard InChI is InChI=1S/C25H28N6/c1-16-12-23-27-14-22(31(23)15-21(16)18-6-4-3-5-7-18)24-17(2)13-28-25(30-24)29-20-10-8-19(26)9-11-20/h3-7,12-15,19-20H,8-11,26H2,1-2H3,(H,28,29,30). The van der Waals surface area contributed by atoms with Crippen LogP contribution in [0.25, 0.3) is 28.2 Å². The number of nitrogens with one attached hydrogen (secondary N) is 1. The number of imidazole rings is 1. The number of hydrogen-bond acceptors (Lipinski definition) is 5. The van der Waals surface area contributed by atoms with Crippen LogP contribution in [0.5, 0.6) is 0 Å². The minimum Gasteiger partial charge on any atom is -0.351 e. The Kier molecular flexibility index (Phi) is 5.16. The van der Waals surface area contributed by atoms with Crippen LogP contribution in [0.15, 0.2) is 55.0 Å². The van der Waals surface area contributed by atoms with E-state index >= 15 is 0 Å². The van der Waals surface area contributed by atoms with Gasteiger partial charge in [-0.2, -0.15) is 0 Å². The van der Waals surface area contributed by atoms with Gasteiger partial charge in [-0.25, -0.2) is 15.0 Å². The summed E-state index contributed by atoms with van der Waals surface area (Å²) in [4.78, 5) is 14.1. The van der Waals surface area contributed by atoms with Gasteiger partial charge >= 0.3 is 0 Å². The molecule has 0 bridgehead atoms.